The van der Waals surface area contributed by atoms with Gasteiger partial charge in [-0.15, -0.1) is 0 Å². The lowest BCUT2D eigenvalue weighted by Crippen LogP contribution is -2.40. The van der Waals surface area contributed by atoms with Gasteiger partial charge >= 0.3 is 0 Å². The molecule has 18 heavy (non-hydrogen) atoms. The van der Waals surface area contributed by atoms with Crippen molar-refractivity contribution in [1.82, 2.24) is 4.90 Å². The zero-order valence-corrected chi connectivity index (χ0v) is 10.7. The van der Waals surface area contributed by atoms with Gasteiger partial charge in [0.2, 0.25) is 5.91 Å². The number of nitrogens with zero attached hydrogens (tertiary/aromatic N) is 2. The number of aliphatic hydroxyl groups is 2. The molecule has 0 aromatic carbocycles. The maximum absolute atomic E-state index is 11.9. The molecule has 5 nitrogen and oxygen atoms in total. The summed E-state index contributed by atoms with van der Waals surface area (Å²) in [5.74, 6) is -0.0498. The van der Waals surface area contributed by atoms with Crippen LogP contribution >= 0.6 is 0 Å². The standard InChI is InChI=1S/C13H21N2O3/c1-12-2-5-14(6-3-12)7-4-13(18)15(8-10-16)9-11-17/h2-3,5-6,16-17H,4,7-11H2,1H3/q+1. The fraction of sp³-hybridized carbons (Fsp3) is 0.538. The molecule has 100 valence electrons. The number of hydrogen-bond acceptors (Lipinski definition) is 3. The van der Waals surface area contributed by atoms with E-state index in [-0.39, 0.29) is 32.2 Å². The van der Waals surface area contributed by atoms with Crippen molar-refractivity contribution in [3.8, 4) is 0 Å². The predicted octanol–water partition coefficient (Wildman–Crippen LogP) is -0.514. The Balaban J connectivity index is 2.45. The third-order valence-corrected chi connectivity index (χ3v) is 2.73. The molecule has 1 aromatic rings. The molecule has 1 heterocycles. The van der Waals surface area contributed by atoms with Crippen LogP contribution < -0.4 is 4.57 Å². The molecular weight excluding hydrogens is 232 g/mol. The van der Waals surface area contributed by atoms with Gasteiger partial charge < -0.3 is 15.1 Å². The first kappa shape index (κ1) is 14.6. The molecule has 0 radical (unpaired) electrons. The number of carbonyl (C=O) groups is 1. The monoisotopic (exact) mass is 253 g/mol. The fourth-order valence-corrected chi connectivity index (χ4v) is 1.67. The van der Waals surface area contributed by atoms with Gasteiger partial charge in [0, 0.05) is 25.2 Å². The highest BCUT2D eigenvalue weighted by atomic mass is 16.3. The largest absolute Gasteiger partial charge is 0.395 e. The Bertz CT molecular complexity index is 359. The number of aryl methyl sites for hydroxylation is 2. The highest BCUT2D eigenvalue weighted by molar-refractivity contribution is 5.75. The van der Waals surface area contributed by atoms with Gasteiger partial charge in [-0.2, -0.15) is 0 Å². The van der Waals surface area contributed by atoms with E-state index in [1.54, 1.807) is 0 Å². The van der Waals surface area contributed by atoms with Crippen LogP contribution in [0.3, 0.4) is 0 Å². The first-order valence-electron chi connectivity index (χ1n) is 6.12. The van der Waals surface area contributed by atoms with Crippen LogP contribution in [0.2, 0.25) is 0 Å². The summed E-state index contributed by atoms with van der Waals surface area (Å²) in [7, 11) is 0. The summed E-state index contributed by atoms with van der Waals surface area (Å²) >= 11 is 0. The molecule has 0 atom stereocenters. The van der Waals surface area contributed by atoms with Crippen LogP contribution in [0.1, 0.15) is 12.0 Å². The number of pyridine rings is 1. The van der Waals surface area contributed by atoms with E-state index in [1.165, 1.54) is 10.5 Å². The normalized spacial score (nSPS) is 10.4. The van der Waals surface area contributed by atoms with Crippen LogP contribution in [0.25, 0.3) is 0 Å². The summed E-state index contributed by atoms with van der Waals surface area (Å²) in [6.07, 6.45) is 4.24. The number of hydrogen-bond donors (Lipinski definition) is 2. The molecule has 1 rings (SSSR count). The van der Waals surface area contributed by atoms with Crippen molar-refractivity contribution in [2.24, 2.45) is 0 Å². The minimum Gasteiger partial charge on any atom is -0.395 e. The molecule has 0 aliphatic carbocycles. The van der Waals surface area contributed by atoms with E-state index in [0.29, 0.717) is 13.0 Å². The van der Waals surface area contributed by atoms with Gasteiger partial charge in [0.25, 0.3) is 0 Å². The van der Waals surface area contributed by atoms with Crippen molar-refractivity contribution in [3.63, 3.8) is 0 Å². The van der Waals surface area contributed by atoms with Crippen molar-refractivity contribution >= 4 is 5.91 Å². The minimum atomic E-state index is -0.0799. The molecule has 0 unspecified atom stereocenters. The molecule has 0 saturated heterocycles. The van der Waals surface area contributed by atoms with Crippen LogP contribution in [0.15, 0.2) is 24.5 Å². The summed E-state index contributed by atoms with van der Waals surface area (Å²) in [5, 5.41) is 17.7. The Morgan fingerprint density at radius 3 is 2.28 bits per heavy atom. The highest BCUT2D eigenvalue weighted by Crippen LogP contribution is 1.95. The number of aliphatic hydroxyl groups excluding tert-OH is 2. The van der Waals surface area contributed by atoms with Crippen LogP contribution in [0.4, 0.5) is 0 Å². The molecule has 0 aliphatic heterocycles. The van der Waals surface area contributed by atoms with Crippen LogP contribution in [-0.4, -0.2) is 47.3 Å². The van der Waals surface area contributed by atoms with Crippen LogP contribution in [-0.2, 0) is 11.3 Å². The molecule has 2 N–H and O–H groups in total. The van der Waals surface area contributed by atoms with Crippen LogP contribution in [0.5, 0.6) is 0 Å². The van der Waals surface area contributed by atoms with E-state index in [0.717, 1.165) is 0 Å². The first-order chi connectivity index (χ1) is 8.67. The van der Waals surface area contributed by atoms with Crippen molar-refractivity contribution in [1.29, 1.82) is 0 Å². The van der Waals surface area contributed by atoms with Gasteiger partial charge in [0.05, 0.1) is 19.6 Å². The summed E-state index contributed by atoms with van der Waals surface area (Å²) in [6, 6.07) is 3.98. The summed E-state index contributed by atoms with van der Waals surface area (Å²) < 4.78 is 1.95. The van der Waals surface area contributed by atoms with Gasteiger partial charge in [0.15, 0.2) is 18.9 Å². The Morgan fingerprint density at radius 2 is 1.78 bits per heavy atom. The zero-order chi connectivity index (χ0) is 13.4. The van der Waals surface area contributed by atoms with E-state index in [2.05, 4.69) is 0 Å². The summed E-state index contributed by atoms with van der Waals surface area (Å²) in [6.45, 7) is 3.01. The van der Waals surface area contributed by atoms with Crippen LogP contribution in [0, 0.1) is 6.92 Å². The lowest BCUT2D eigenvalue weighted by Gasteiger charge is -2.19. The Labute approximate surface area is 107 Å². The molecule has 5 heteroatoms. The average molecular weight is 253 g/mol. The van der Waals surface area contributed by atoms with E-state index in [9.17, 15) is 4.79 Å². The second kappa shape index (κ2) is 7.79. The number of amides is 1. The molecular formula is C13H21N2O3+. The first-order valence-corrected chi connectivity index (χ1v) is 6.12. The molecule has 0 aliphatic rings. The maximum atomic E-state index is 11.9. The summed E-state index contributed by atoms with van der Waals surface area (Å²) in [5.41, 5.74) is 1.18. The van der Waals surface area contributed by atoms with E-state index < -0.39 is 0 Å². The number of carbonyl (C=O) groups excluding carboxylic acids is 1. The minimum absolute atomic E-state index is 0.0498. The molecule has 1 amide bonds. The number of rotatable bonds is 7. The predicted molar refractivity (Wildman–Crippen MR) is 66.7 cm³/mol. The van der Waals surface area contributed by atoms with E-state index in [4.69, 9.17) is 10.2 Å². The third kappa shape index (κ3) is 4.81. The van der Waals surface area contributed by atoms with Crippen molar-refractivity contribution < 1.29 is 19.6 Å². The zero-order valence-electron chi connectivity index (χ0n) is 10.7. The smallest absolute Gasteiger partial charge is 0.229 e. The van der Waals surface area contributed by atoms with Crippen molar-refractivity contribution in [2.75, 3.05) is 26.3 Å². The van der Waals surface area contributed by atoms with E-state index >= 15 is 0 Å². The average Bonchev–Trinajstić information content (AvgIpc) is 2.37. The topological polar surface area (TPSA) is 64.7 Å². The third-order valence-electron chi connectivity index (χ3n) is 2.73. The Morgan fingerprint density at radius 1 is 1.22 bits per heavy atom. The van der Waals surface area contributed by atoms with Gasteiger partial charge in [-0.05, 0) is 12.5 Å². The van der Waals surface area contributed by atoms with E-state index in [1.807, 2.05) is 36.0 Å². The van der Waals surface area contributed by atoms with Gasteiger partial charge in [-0.1, -0.05) is 0 Å². The second-order valence-corrected chi connectivity index (χ2v) is 4.19. The SMILES string of the molecule is Cc1cc[n+](CCC(=O)N(CCO)CCO)cc1. The Hall–Kier alpha value is -1.46. The second-order valence-electron chi connectivity index (χ2n) is 4.19. The van der Waals surface area contributed by atoms with Crippen molar-refractivity contribution in [3.05, 3.63) is 30.1 Å². The Kier molecular flexibility index (Phi) is 6.32. The van der Waals surface area contributed by atoms with Crippen molar-refractivity contribution in [2.45, 2.75) is 19.9 Å². The summed E-state index contributed by atoms with van der Waals surface area (Å²) in [4.78, 5) is 13.3. The molecule has 0 saturated carbocycles. The van der Waals surface area contributed by atoms with Gasteiger partial charge in [-0.3, -0.25) is 4.79 Å². The van der Waals surface area contributed by atoms with Gasteiger partial charge in [0.1, 0.15) is 0 Å². The number of aromatic nitrogens is 1. The lowest BCUT2D eigenvalue weighted by atomic mass is 10.3. The molecule has 0 bridgehead atoms. The lowest BCUT2D eigenvalue weighted by molar-refractivity contribution is -0.696. The molecule has 1 aromatic heterocycles. The maximum Gasteiger partial charge on any atom is 0.229 e. The van der Waals surface area contributed by atoms with Gasteiger partial charge in [-0.25, -0.2) is 4.57 Å². The molecule has 0 spiro atoms. The quantitative estimate of drug-likeness (QED) is 0.643. The fourth-order valence-electron chi connectivity index (χ4n) is 1.67. The highest BCUT2D eigenvalue weighted by Gasteiger charge is 2.14. The molecule has 0 fully saturated rings.